The van der Waals surface area contributed by atoms with Crippen molar-refractivity contribution in [3.8, 4) is 0 Å². The first-order chi connectivity index (χ1) is 8.10. The molecule has 0 aliphatic carbocycles. The third-order valence-electron chi connectivity index (χ3n) is 2.36. The minimum Gasteiger partial charge on any atom is -0.383 e. The minimum absolute atomic E-state index is 0.288. The number of rotatable bonds is 8. The molecule has 5 heteroatoms. The lowest BCUT2D eigenvalue weighted by Gasteiger charge is -2.21. The van der Waals surface area contributed by atoms with E-state index in [2.05, 4.69) is 29.5 Å². The number of nitrogens with zero attached hydrogens (tertiary/aromatic N) is 1. The third kappa shape index (κ3) is 4.71. The van der Waals surface area contributed by atoms with Crippen LogP contribution < -0.4 is 5.32 Å². The molecule has 0 aliphatic rings. The van der Waals surface area contributed by atoms with Gasteiger partial charge in [-0.15, -0.1) is 11.3 Å². The van der Waals surface area contributed by atoms with E-state index in [4.69, 9.17) is 9.47 Å². The van der Waals surface area contributed by atoms with Crippen molar-refractivity contribution >= 4 is 11.3 Å². The Morgan fingerprint density at radius 2 is 2.24 bits per heavy atom. The molecule has 0 radical (unpaired) electrons. The Labute approximate surface area is 107 Å². The van der Waals surface area contributed by atoms with E-state index in [9.17, 15) is 0 Å². The van der Waals surface area contributed by atoms with Crippen LogP contribution in [0.2, 0.25) is 0 Å². The van der Waals surface area contributed by atoms with Crippen molar-refractivity contribution in [2.24, 2.45) is 0 Å². The van der Waals surface area contributed by atoms with Crippen LogP contribution in [0.3, 0.4) is 0 Å². The Bertz CT molecular complexity index is 326. The molecule has 1 N–H and O–H groups in total. The van der Waals surface area contributed by atoms with Gasteiger partial charge in [0.1, 0.15) is 10.6 Å². The summed E-state index contributed by atoms with van der Waals surface area (Å²) in [6.07, 6.45) is 0. The van der Waals surface area contributed by atoms with Crippen molar-refractivity contribution in [1.29, 1.82) is 0 Å². The quantitative estimate of drug-likeness (QED) is 0.726. The fourth-order valence-corrected chi connectivity index (χ4v) is 2.37. The van der Waals surface area contributed by atoms with Gasteiger partial charge in [0, 0.05) is 32.2 Å². The Hall–Kier alpha value is -0.490. The Morgan fingerprint density at radius 1 is 1.47 bits per heavy atom. The predicted molar refractivity (Wildman–Crippen MR) is 70.3 cm³/mol. The van der Waals surface area contributed by atoms with Crippen LogP contribution in [-0.4, -0.2) is 31.9 Å². The van der Waals surface area contributed by atoms with Crippen molar-refractivity contribution in [3.63, 3.8) is 0 Å². The molecule has 0 amide bonds. The van der Waals surface area contributed by atoms with E-state index in [1.165, 1.54) is 0 Å². The highest BCUT2D eigenvalue weighted by Crippen LogP contribution is 2.27. The molecule has 0 spiro atoms. The van der Waals surface area contributed by atoms with Gasteiger partial charge in [-0.05, 0) is 20.8 Å². The van der Waals surface area contributed by atoms with Gasteiger partial charge < -0.3 is 14.8 Å². The summed E-state index contributed by atoms with van der Waals surface area (Å²) in [6, 6.07) is 0. The second-order valence-corrected chi connectivity index (χ2v) is 5.11. The predicted octanol–water partition coefficient (Wildman–Crippen LogP) is 2.15. The van der Waals surface area contributed by atoms with E-state index in [0.717, 1.165) is 30.4 Å². The number of hydrogen-bond acceptors (Lipinski definition) is 5. The summed E-state index contributed by atoms with van der Waals surface area (Å²) in [5, 5.41) is 6.39. The Balaban J connectivity index is 2.47. The first-order valence-corrected chi connectivity index (χ1v) is 6.76. The molecule has 0 aliphatic heterocycles. The molecular formula is C12H22N2O2S. The summed E-state index contributed by atoms with van der Waals surface area (Å²) >= 11 is 1.65. The van der Waals surface area contributed by atoms with Crippen LogP contribution in [0.15, 0.2) is 5.38 Å². The number of aromatic nitrogens is 1. The molecule has 17 heavy (non-hydrogen) atoms. The minimum atomic E-state index is -0.288. The molecule has 0 saturated heterocycles. The standard InChI is InChI=1S/C12H22N2O2S/c1-5-16-12(2,3)11-14-10(9-17-11)8-13-6-7-15-4/h9,13H,5-8H2,1-4H3. The molecule has 1 aromatic heterocycles. The van der Waals surface area contributed by atoms with Gasteiger partial charge in [0.2, 0.25) is 0 Å². The van der Waals surface area contributed by atoms with Gasteiger partial charge in [0.25, 0.3) is 0 Å². The summed E-state index contributed by atoms with van der Waals surface area (Å²) in [5.74, 6) is 0. The van der Waals surface area contributed by atoms with Gasteiger partial charge in [-0.25, -0.2) is 4.98 Å². The molecular weight excluding hydrogens is 236 g/mol. The maximum Gasteiger partial charge on any atom is 0.124 e. The maximum atomic E-state index is 5.68. The highest BCUT2D eigenvalue weighted by atomic mass is 32.1. The number of thiazole rings is 1. The average Bonchev–Trinajstić information content (AvgIpc) is 2.74. The molecule has 1 heterocycles. The van der Waals surface area contributed by atoms with Crippen molar-refractivity contribution in [3.05, 3.63) is 16.1 Å². The molecule has 0 fully saturated rings. The van der Waals surface area contributed by atoms with Gasteiger partial charge in [0.05, 0.1) is 12.3 Å². The van der Waals surface area contributed by atoms with Crippen molar-refractivity contribution in [2.75, 3.05) is 26.9 Å². The van der Waals surface area contributed by atoms with Crippen LogP contribution >= 0.6 is 11.3 Å². The van der Waals surface area contributed by atoms with E-state index in [1.807, 2.05) is 6.92 Å². The van der Waals surface area contributed by atoms with Crippen LogP contribution in [0.1, 0.15) is 31.5 Å². The van der Waals surface area contributed by atoms with Gasteiger partial charge in [-0.1, -0.05) is 0 Å². The summed E-state index contributed by atoms with van der Waals surface area (Å²) in [7, 11) is 1.70. The summed E-state index contributed by atoms with van der Waals surface area (Å²) < 4.78 is 10.7. The lowest BCUT2D eigenvalue weighted by molar-refractivity contribution is -0.0142. The second-order valence-electron chi connectivity index (χ2n) is 4.26. The lowest BCUT2D eigenvalue weighted by atomic mass is 10.1. The first-order valence-electron chi connectivity index (χ1n) is 5.88. The molecule has 0 saturated carbocycles. The van der Waals surface area contributed by atoms with Gasteiger partial charge in [-0.2, -0.15) is 0 Å². The fraction of sp³-hybridized carbons (Fsp3) is 0.750. The van der Waals surface area contributed by atoms with E-state index >= 15 is 0 Å². The zero-order valence-corrected chi connectivity index (χ0v) is 11.9. The van der Waals surface area contributed by atoms with Gasteiger partial charge >= 0.3 is 0 Å². The maximum absolute atomic E-state index is 5.68. The average molecular weight is 258 g/mol. The van der Waals surface area contributed by atoms with Crippen LogP contribution in [0.4, 0.5) is 0 Å². The molecule has 1 rings (SSSR count). The van der Waals surface area contributed by atoms with Crippen LogP contribution in [0, 0.1) is 0 Å². The highest BCUT2D eigenvalue weighted by molar-refractivity contribution is 7.09. The normalized spacial score (nSPS) is 12.0. The van der Waals surface area contributed by atoms with Crippen molar-refractivity contribution < 1.29 is 9.47 Å². The molecule has 4 nitrogen and oxygen atoms in total. The highest BCUT2D eigenvalue weighted by Gasteiger charge is 2.24. The van der Waals surface area contributed by atoms with Crippen LogP contribution in [0.25, 0.3) is 0 Å². The van der Waals surface area contributed by atoms with Crippen LogP contribution in [-0.2, 0) is 21.6 Å². The molecule has 1 aromatic rings. The molecule has 0 aromatic carbocycles. The number of ether oxygens (including phenoxy) is 2. The lowest BCUT2D eigenvalue weighted by Crippen LogP contribution is -2.22. The van der Waals surface area contributed by atoms with Crippen molar-refractivity contribution in [2.45, 2.75) is 32.9 Å². The third-order valence-corrected chi connectivity index (χ3v) is 3.56. The van der Waals surface area contributed by atoms with Crippen molar-refractivity contribution in [1.82, 2.24) is 10.3 Å². The van der Waals surface area contributed by atoms with E-state index in [-0.39, 0.29) is 5.60 Å². The van der Waals surface area contributed by atoms with Gasteiger partial charge in [-0.3, -0.25) is 0 Å². The summed E-state index contributed by atoms with van der Waals surface area (Å²) in [4.78, 5) is 4.59. The number of nitrogens with one attached hydrogen (secondary N) is 1. The monoisotopic (exact) mass is 258 g/mol. The smallest absolute Gasteiger partial charge is 0.124 e. The molecule has 98 valence electrons. The van der Waals surface area contributed by atoms with E-state index < -0.39 is 0 Å². The zero-order valence-electron chi connectivity index (χ0n) is 11.1. The molecule has 0 unspecified atom stereocenters. The molecule has 0 bridgehead atoms. The largest absolute Gasteiger partial charge is 0.383 e. The van der Waals surface area contributed by atoms with E-state index in [1.54, 1.807) is 18.4 Å². The number of methoxy groups -OCH3 is 1. The SMILES string of the molecule is CCOC(C)(C)c1nc(CNCCOC)cs1. The Kier molecular flexibility index (Phi) is 6.05. The molecule has 0 atom stereocenters. The topological polar surface area (TPSA) is 43.4 Å². The first kappa shape index (κ1) is 14.6. The summed E-state index contributed by atoms with van der Waals surface area (Å²) in [5.41, 5.74) is 0.776. The van der Waals surface area contributed by atoms with Crippen LogP contribution in [0.5, 0.6) is 0 Å². The summed E-state index contributed by atoms with van der Waals surface area (Å²) in [6.45, 7) is 9.16. The van der Waals surface area contributed by atoms with E-state index in [0.29, 0.717) is 6.61 Å². The van der Waals surface area contributed by atoms with Gasteiger partial charge in [0.15, 0.2) is 0 Å². The number of hydrogen-bond donors (Lipinski definition) is 1. The Morgan fingerprint density at radius 3 is 2.88 bits per heavy atom. The second kappa shape index (κ2) is 7.06. The fourth-order valence-electron chi connectivity index (χ4n) is 1.48. The zero-order chi connectivity index (χ0) is 12.7.